The molecule has 24 heavy (non-hydrogen) atoms. The molecule has 0 atom stereocenters. The molecule has 0 heterocycles. The predicted octanol–water partition coefficient (Wildman–Crippen LogP) is 6.40. The van der Waals surface area contributed by atoms with Crippen molar-refractivity contribution in [1.29, 1.82) is 0 Å². The van der Waals surface area contributed by atoms with E-state index in [2.05, 4.69) is 92.2 Å². The van der Waals surface area contributed by atoms with Crippen molar-refractivity contribution in [2.24, 2.45) is 0 Å². The maximum absolute atomic E-state index is 2.34. The van der Waals surface area contributed by atoms with E-state index in [1.54, 1.807) is 0 Å². The first-order chi connectivity index (χ1) is 11.8. The molecular formula is C24H17. The molecule has 0 N–H and O–H groups in total. The van der Waals surface area contributed by atoms with Crippen molar-refractivity contribution in [2.45, 2.75) is 6.92 Å². The second-order valence-electron chi connectivity index (χ2n) is 6.48. The maximum Gasteiger partial charge on any atom is 0.0218 e. The van der Waals surface area contributed by atoms with E-state index in [0.29, 0.717) is 0 Å². The van der Waals surface area contributed by atoms with Crippen LogP contribution in [0.2, 0.25) is 0 Å². The molecular weight excluding hydrogens is 288 g/mol. The zero-order valence-electron chi connectivity index (χ0n) is 13.6. The van der Waals surface area contributed by atoms with Gasteiger partial charge < -0.3 is 0 Å². The van der Waals surface area contributed by atoms with Crippen molar-refractivity contribution in [1.82, 2.24) is 0 Å². The van der Waals surface area contributed by atoms with Gasteiger partial charge in [-0.3, -0.25) is 0 Å². The molecule has 0 heteroatoms. The zero-order chi connectivity index (χ0) is 16.1. The van der Waals surface area contributed by atoms with Gasteiger partial charge in [0.1, 0.15) is 0 Å². The second-order valence-corrected chi connectivity index (χ2v) is 6.48. The Morgan fingerprint density at radius 2 is 1.33 bits per heavy atom. The molecule has 0 amide bonds. The lowest BCUT2D eigenvalue weighted by Gasteiger charge is -2.15. The van der Waals surface area contributed by atoms with Crippen LogP contribution in [0.1, 0.15) is 16.7 Å². The highest BCUT2D eigenvalue weighted by atomic mass is 14.3. The lowest BCUT2D eigenvalue weighted by atomic mass is 9.89. The van der Waals surface area contributed by atoms with Crippen LogP contribution in [0.25, 0.3) is 33.0 Å². The SMILES string of the molecule is Cc1ccc2c(c1-c1cccc3ccccc13)[CH]c1ccccc1-2. The molecule has 0 aliphatic heterocycles. The Hall–Kier alpha value is -2.86. The molecule has 0 bridgehead atoms. The number of aryl methyl sites for hydroxylation is 1. The minimum Gasteiger partial charge on any atom is -0.0619 e. The Balaban J connectivity index is 1.84. The molecule has 0 saturated carbocycles. The van der Waals surface area contributed by atoms with Gasteiger partial charge in [-0.25, -0.2) is 0 Å². The van der Waals surface area contributed by atoms with Gasteiger partial charge in [0, 0.05) is 6.42 Å². The Morgan fingerprint density at radius 3 is 2.29 bits per heavy atom. The van der Waals surface area contributed by atoms with E-state index in [-0.39, 0.29) is 0 Å². The van der Waals surface area contributed by atoms with Crippen LogP contribution in [0, 0.1) is 13.3 Å². The van der Waals surface area contributed by atoms with Crippen LogP contribution in [0.15, 0.2) is 78.9 Å². The Labute approximate surface area is 142 Å². The quantitative estimate of drug-likeness (QED) is 0.336. The van der Waals surface area contributed by atoms with Crippen molar-refractivity contribution in [3.63, 3.8) is 0 Å². The van der Waals surface area contributed by atoms with Gasteiger partial charge in [-0.05, 0) is 56.6 Å². The minimum absolute atomic E-state index is 1.29. The monoisotopic (exact) mass is 305 g/mol. The van der Waals surface area contributed by atoms with E-state index in [1.807, 2.05) is 0 Å². The van der Waals surface area contributed by atoms with Crippen molar-refractivity contribution >= 4 is 10.8 Å². The van der Waals surface area contributed by atoms with E-state index in [0.717, 1.165) is 0 Å². The van der Waals surface area contributed by atoms with E-state index < -0.39 is 0 Å². The summed E-state index contributed by atoms with van der Waals surface area (Å²) in [4.78, 5) is 0. The maximum atomic E-state index is 2.34. The van der Waals surface area contributed by atoms with Gasteiger partial charge in [0.05, 0.1) is 0 Å². The molecule has 5 rings (SSSR count). The third-order valence-electron chi connectivity index (χ3n) is 5.06. The van der Waals surface area contributed by atoms with Gasteiger partial charge in [0.2, 0.25) is 0 Å². The van der Waals surface area contributed by atoms with Crippen molar-refractivity contribution in [3.05, 3.63) is 102 Å². The predicted molar refractivity (Wildman–Crippen MR) is 102 cm³/mol. The number of benzene rings is 4. The highest BCUT2D eigenvalue weighted by Crippen LogP contribution is 2.45. The molecule has 1 aliphatic rings. The largest absolute Gasteiger partial charge is 0.0619 e. The lowest BCUT2D eigenvalue weighted by Crippen LogP contribution is -1.92. The van der Waals surface area contributed by atoms with Crippen LogP contribution in [-0.2, 0) is 0 Å². The van der Waals surface area contributed by atoms with Crippen LogP contribution in [-0.4, -0.2) is 0 Å². The fourth-order valence-corrected chi connectivity index (χ4v) is 3.94. The van der Waals surface area contributed by atoms with Crippen LogP contribution in [0.4, 0.5) is 0 Å². The number of fused-ring (bicyclic) bond motifs is 4. The lowest BCUT2D eigenvalue weighted by molar-refractivity contribution is 1.43. The molecule has 1 aliphatic carbocycles. The van der Waals surface area contributed by atoms with Gasteiger partial charge in [-0.15, -0.1) is 0 Å². The Bertz CT molecular complexity index is 1080. The molecule has 0 saturated heterocycles. The zero-order valence-corrected chi connectivity index (χ0v) is 13.6. The average Bonchev–Trinajstić information content (AvgIpc) is 3.00. The summed E-state index contributed by atoms with van der Waals surface area (Å²) in [5, 5.41) is 2.61. The van der Waals surface area contributed by atoms with Gasteiger partial charge in [-0.1, -0.05) is 78.9 Å². The minimum atomic E-state index is 1.29. The van der Waals surface area contributed by atoms with Crippen molar-refractivity contribution in [3.8, 4) is 22.3 Å². The summed E-state index contributed by atoms with van der Waals surface area (Å²) in [6.07, 6.45) is 2.34. The van der Waals surface area contributed by atoms with Gasteiger partial charge >= 0.3 is 0 Å². The first kappa shape index (κ1) is 13.6. The topological polar surface area (TPSA) is 0 Å². The van der Waals surface area contributed by atoms with Crippen LogP contribution in [0.5, 0.6) is 0 Å². The molecule has 1 radical (unpaired) electrons. The summed E-state index contributed by atoms with van der Waals surface area (Å²) in [6.45, 7) is 2.22. The van der Waals surface area contributed by atoms with E-state index in [9.17, 15) is 0 Å². The normalized spacial score (nSPS) is 12.2. The van der Waals surface area contributed by atoms with Crippen molar-refractivity contribution < 1.29 is 0 Å². The Morgan fingerprint density at radius 1 is 0.583 bits per heavy atom. The van der Waals surface area contributed by atoms with Crippen LogP contribution < -0.4 is 0 Å². The fraction of sp³-hybridized carbons (Fsp3) is 0.0417. The summed E-state index contributed by atoms with van der Waals surface area (Å²) in [5.41, 5.74) is 9.38. The first-order valence-electron chi connectivity index (χ1n) is 8.39. The van der Waals surface area contributed by atoms with Crippen LogP contribution >= 0.6 is 0 Å². The van der Waals surface area contributed by atoms with Gasteiger partial charge in [0.15, 0.2) is 0 Å². The summed E-state index contributed by atoms with van der Waals surface area (Å²) in [6, 6.07) is 28.5. The summed E-state index contributed by atoms with van der Waals surface area (Å²) >= 11 is 0. The van der Waals surface area contributed by atoms with Gasteiger partial charge in [-0.2, -0.15) is 0 Å². The standard InChI is InChI=1S/C24H17/c1-16-13-14-21-20-11-5-3-8-18(20)15-23(21)24(16)22-12-6-9-17-7-2-4-10-19(17)22/h2-15H,1H3. The number of hydrogen-bond acceptors (Lipinski definition) is 0. The third kappa shape index (κ3) is 1.86. The highest BCUT2D eigenvalue weighted by Gasteiger charge is 2.23. The third-order valence-corrected chi connectivity index (χ3v) is 5.06. The van der Waals surface area contributed by atoms with Crippen molar-refractivity contribution in [2.75, 3.05) is 0 Å². The molecule has 0 fully saturated rings. The number of rotatable bonds is 1. The summed E-state index contributed by atoms with van der Waals surface area (Å²) in [5.74, 6) is 0. The van der Waals surface area contributed by atoms with E-state index in [1.165, 1.54) is 49.7 Å². The van der Waals surface area contributed by atoms with E-state index in [4.69, 9.17) is 0 Å². The summed E-state index contributed by atoms with van der Waals surface area (Å²) < 4.78 is 0. The molecule has 113 valence electrons. The highest BCUT2D eigenvalue weighted by molar-refractivity contribution is 6.01. The smallest absolute Gasteiger partial charge is 0.0218 e. The van der Waals surface area contributed by atoms with Gasteiger partial charge in [0.25, 0.3) is 0 Å². The second kappa shape index (κ2) is 5.07. The number of hydrogen-bond donors (Lipinski definition) is 0. The average molecular weight is 305 g/mol. The molecule has 0 spiro atoms. The van der Waals surface area contributed by atoms with Crippen LogP contribution in [0.3, 0.4) is 0 Å². The molecule has 4 aromatic rings. The fourth-order valence-electron chi connectivity index (χ4n) is 3.94. The Kier molecular flexibility index (Phi) is 2.87. The summed E-state index contributed by atoms with van der Waals surface area (Å²) in [7, 11) is 0. The molecule has 0 unspecified atom stereocenters. The van der Waals surface area contributed by atoms with E-state index >= 15 is 0 Å². The molecule has 4 aromatic carbocycles. The molecule has 0 nitrogen and oxygen atoms in total. The molecule has 0 aromatic heterocycles. The first-order valence-corrected chi connectivity index (χ1v) is 8.39.